The van der Waals surface area contributed by atoms with Gasteiger partial charge in [-0.3, -0.25) is 14.6 Å². The van der Waals surface area contributed by atoms with Crippen LogP contribution >= 0.6 is 0 Å². The molecular weight excluding hydrogens is 310 g/mol. The Bertz CT molecular complexity index is 916. The van der Waals surface area contributed by atoms with Gasteiger partial charge in [-0.1, -0.05) is 17.9 Å². The van der Waals surface area contributed by atoms with Crippen LogP contribution in [-0.2, 0) is 11.8 Å². The predicted octanol–water partition coefficient (Wildman–Crippen LogP) is 1.87. The molecule has 0 saturated heterocycles. The summed E-state index contributed by atoms with van der Waals surface area (Å²) in [5.41, 5.74) is 3.77. The molecule has 1 aliphatic heterocycles. The van der Waals surface area contributed by atoms with Crippen molar-refractivity contribution in [2.24, 2.45) is 7.05 Å². The van der Waals surface area contributed by atoms with Crippen molar-refractivity contribution in [1.29, 1.82) is 0 Å². The maximum absolute atomic E-state index is 12.2. The molecule has 1 aromatic heterocycles. The summed E-state index contributed by atoms with van der Waals surface area (Å²) in [7, 11) is 3.37. The van der Waals surface area contributed by atoms with Gasteiger partial charge in [-0.25, -0.2) is 4.79 Å². The molecule has 0 amide bonds. The highest BCUT2D eigenvalue weighted by molar-refractivity contribution is 5.91. The average Bonchev–Trinajstić information content (AvgIpc) is 3.04. The average molecular weight is 327 g/mol. The smallest absolute Gasteiger partial charge is 0.357 e. The van der Waals surface area contributed by atoms with Crippen LogP contribution in [0.15, 0.2) is 40.7 Å². The minimum Gasteiger partial charge on any atom is -0.461 e. The van der Waals surface area contributed by atoms with Crippen molar-refractivity contribution in [1.82, 2.24) is 9.78 Å². The summed E-state index contributed by atoms with van der Waals surface area (Å²) in [5, 5.41) is 2.70. The number of nitrogens with one attached hydrogen (secondary N) is 1. The second kappa shape index (κ2) is 6.14. The fourth-order valence-electron chi connectivity index (χ4n) is 2.42. The third kappa shape index (κ3) is 2.61. The minimum atomic E-state index is -0.586. The number of hydrogen-bond acceptors (Lipinski definition) is 5. The Balaban J connectivity index is 2.02. The largest absolute Gasteiger partial charge is 0.461 e. The molecule has 0 fully saturated rings. The van der Waals surface area contributed by atoms with E-state index in [0.29, 0.717) is 11.6 Å². The van der Waals surface area contributed by atoms with Crippen LogP contribution in [0.25, 0.3) is 6.08 Å². The third-order valence-electron chi connectivity index (χ3n) is 3.64. The molecule has 0 spiro atoms. The van der Waals surface area contributed by atoms with E-state index in [9.17, 15) is 9.59 Å². The third-order valence-corrected chi connectivity index (χ3v) is 3.64. The Kier molecular flexibility index (Phi) is 4.02. The van der Waals surface area contributed by atoms with E-state index in [1.165, 1.54) is 17.8 Å². The summed E-state index contributed by atoms with van der Waals surface area (Å²) < 4.78 is 11.9. The first kappa shape index (κ1) is 15.7. The Morgan fingerprint density at radius 3 is 2.83 bits per heavy atom. The van der Waals surface area contributed by atoms with E-state index in [-0.39, 0.29) is 23.4 Å². The first-order valence-electron chi connectivity index (χ1n) is 7.46. The second-order valence-corrected chi connectivity index (χ2v) is 5.21. The lowest BCUT2D eigenvalue weighted by atomic mass is 10.2. The standard InChI is InChI=1S/C17H17N3O4/c1-4-23-17(22)15-11(16(21)20(3)18-15)9-10-14-19(2)12-7-5-6-8-13(12)24-14/h5-9,18H,4H2,1-3H3. The summed E-state index contributed by atoms with van der Waals surface area (Å²) in [4.78, 5) is 26.0. The Labute approximate surface area is 138 Å². The Morgan fingerprint density at radius 2 is 2.12 bits per heavy atom. The number of ether oxygens (including phenoxy) is 2. The van der Waals surface area contributed by atoms with Gasteiger partial charge < -0.3 is 14.4 Å². The molecule has 2 aromatic rings. The number of aromatic nitrogens is 2. The molecule has 0 unspecified atom stereocenters. The zero-order valence-corrected chi connectivity index (χ0v) is 13.6. The first-order chi connectivity index (χ1) is 11.5. The van der Waals surface area contributed by atoms with Gasteiger partial charge in [-0.2, -0.15) is 0 Å². The van der Waals surface area contributed by atoms with Crippen LogP contribution in [0.3, 0.4) is 0 Å². The number of H-pyrrole nitrogens is 1. The number of carbonyl (C=O) groups is 1. The lowest BCUT2D eigenvalue weighted by molar-refractivity contribution is 0.0518. The number of esters is 1. The van der Waals surface area contributed by atoms with Crippen LogP contribution in [0.4, 0.5) is 5.69 Å². The second-order valence-electron chi connectivity index (χ2n) is 5.21. The van der Waals surface area contributed by atoms with Crippen LogP contribution in [0.2, 0.25) is 0 Å². The molecule has 0 atom stereocenters. The number of aromatic amines is 1. The highest BCUT2D eigenvalue weighted by Gasteiger charge is 2.22. The number of carbonyl (C=O) groups excluding carboxylic acids is 1. The number of anilines is 1. The van der Waals surface area contributed by atoms with E-state index < -0.39 is 5.97 Å². The quantitative estimate of drug-likeness (QED) is 0.688. The van der Waals surface area contributed by atoms with Gasteiger partial charge in [0.25, 0.3) is 5.56 Å². The van der Waals surface area contributed by atoms with E-state index in [0.717, 1.165) is 5.69 Å². The van der Waals surface area contributed by atoms with Crippen LogP contribution in [0, 0.1) is 0 Å². The molecule has 7 heteroatoms. The summed E-state index contributed by atoms with van der Waals surface area (Å²) in [6.45, 7) is 1.93. The molecule has 0 aliphatic carbocycles. The van der Waals surface area contributed by atoms with E-state index in [4.69, 9.17) is 9.47 Å². The van der Waals surface area contributed by atoms with Gasteiger partial charge in [0.1, 0.15) is 0 Å². The number of benzene rings is 1. The number of hydrogen-bond donors (Lipinski definition) is 1. The SMILES string of the molecule is CCOC(=O)c1[nH]n(C)c(=O)c1C=C=C1Oc2ccccc2N1C. The number of fused-ring (bicyclic) bond motifs is 1. The lowest BCUT2D eigenvalue weighted by Crippen LogP contribution is -2.14. The first-order valence-corrected chi connectivity index (χ1v) is 7.46. The van der Waals surface area contributed by atoms with Gasteiger partial charge in [0.2, 0.25) is 5.88 Å². The van der Waals surface area contributed by atoms with Gasteiger partial charge in [0, 0.05) is 20.2 Å². The van der Waals surface area contributed by atoms with Gasteiger partial charge in [-0.15, -0.1) is 0 Å². The van der Waals surface area contributed by atoms with E-state index in [1.807, 2.05) is 36.2 Å². The van der Waals surface area contributed by atoms with Gasteiger partial charge >= 0.3 is 5.97 Å². The highest BCUT2D eigenvalue weighted by atomic mass is 16.5. The van der Waals surface area contributed by atoms with Crippen LogP contribution in [0.5, 0.6) is 5.75 Å². The molecule has 7 nitrogen and oxygen atoms in total. The lowest BCUT2D eigenvalue weighted by Gasteiger charge is -2.07. The monoisotopic (exact) mass is 327 g/mol. The number of nitrogens with zero attached hydrogens (tertiary/aromatic N) is 2. The summed E-state index contributed by atoms with van der Waals surface area (Å²) in [5.74, 6) is 0.565. The van der Waals surface area contributed by atoms with Crippen molar-refractivity contribution in [2.45, 2.75) is 6.92 Å². The molecule has 1 aliphatic rings. The minimum absolute atomic E-state index is 0.0932. The van der Waals surface area contributed by atoms with Crippen LogP contribution in [0.1, 0.15) is 23.0 Å². The number of para-hydroxylation sites is 2. The van der Waals surface area contributed by atoms with Gasteiger partial charge in [-0.05, 0) is 19.1 Å². The van der Waals surface area contributed by atoms with Crippen molar-refractivity contribution >= 4 is 17.7 Å². The summed E-state index contributed by atoms with van der Waals surface area (Å²) in [6, 6.07) is 7.55. The molecule has 124 valence electrons. The molecule has 1 N–H and O–H groups in total. The fraction of sp³-hybridized carbons (Fsp3) is 0.235. The maximum Gasteiger partial charge on any atom is 0.357 e. The van der Waals surface area contributed by atoms with Gasteiger partial charge in [0.05, 0.1) is 17.9 Å². The van der Waals surface area contributed by atoms with Gasteiger partial charge in [0.15, 0.2) is 11.4 Å². The molecule has 0 radical (unpaired) electrons. The molecule has 0 saturated carbocycles. The zero-order chi connectivity index (χ0) is 17.3. The normalized spacial score (nSPS) is 12.5. The van der Waals surface area contributed by atoms with Crippen molar-refractivity contribution in [3.8, 4) is 5.75 Å². The highest BCUT2D eigenvalue weighted by Crippen LogP contribution is 2.36. The number of aryl methyl sites for hydroxylation is 1. The predicted molar refractivity (Wildman–Crippen MR) is 89.0 cm³/mol. The van der Waals surface area contributed by atoms with Crippen molar-refractivity contribution in [3.05, 3.63) is 57.5 Å². The van der Waals surface area contributed by atoms with Crippen LogP contribution in [-0.4, -0.2) is 29.4 Å². The van der Waals surface area contributed by atoms with E-state index in [1.54, 1.807) is 6.92 Å². The maximum atomic E-state index is 12.2. The Morgan fingerprint density at radius 1 is 1.38 bits per heavy atom. The van der Waals surface area contributed by atoms with Crippen molar-refractivity contribution in [3.63, 3.8) is 0 Å². The van der Waals surface area contributed by atoms with Crippen molar-refractivity contribution in [2.75, 3.05) is 18.6 Å². The molecule has 2 heterocycles. The van der Waals surface area contributed by atoms with Crippen LogP contribution < -0.4 is 15.2 Å². The number of rotatable bonds is 3. The fourth-order valence-corrected chi connectivity index (χ4v) is 2.42. The molecule has 1 aromatic carbocycles. The topological polar surface area (TPSA) is 76.6 Å². The summed E-state index contributed by atoms with van der Waals surface area (Å²) in [6.07, 6.45) is 1.43. The molecule has 24 heavy (non-hydrogen) atoms. The molecule has 3 rings (SSSR count). The zero-order valence-electron chi connectivity index (χ0n) is 13.6. The summed E-state index contributed by atoms with van der Waals surface area (Å²) >= 11 is 0. The molecule has 0 bridgehead atoms. The molecular formula is C17H17N3O4. The van der Waals surface area contributed by atoms with E-state index >= 15 is 0 Å². The van der Waals surface area contributed by atoms with Crippen molar-refractivity contribution < 1.29 is 14.3 Å². The van der Waals surface area contributed by atoms with E-state index in [2.05, 4.69) is 10.8 Å². The Hall–Kier alpha value is -3.18.